The van der Waals surface area contributed by atoms with Crippen LogP contribution in [0.2, 0.25) is 0 Å². The lowest BCUT2D eigenvalue weighted by molar-refractivity contribution is 0.0637. The van der Waals surface area contributed by atoms with Gasteiger partial charge in [0.25, 0.3) is 11.8 Å². The second kappa shape index (κ2) is 8.77. The van der Waals surface area contributed by atoms with Crippen molar-refractivity contribution in [1.29, 1.82) is 0 Å². The van der Waals surface area contributed by atoms with E-state index in [2.05, 4.69) is 22.1 Å². The van der Waals surface area contributed by atoms with Gasteiger partial charge < -0.3 is 15.1 Å². The lowest BCUT2D eigenvalue weighted by atomic mass is 10.1. The molecule has 1 fully saturated rings. The Morgan fingerprint density at radius 1 is 1.00 bits per heavy atom. The summed E-state index contributed by atoms with van der Waals surface area (Å²) in [5, 5.41) is 2.86. The summed E-state index contributed by atoms with van der Waals surface area (Å²) in [7, 11) is 0. The lowest BCUT2D eigenvalue weighted by Gasteiger charge is -2.33. The van der Waals surface area contributed by atoms with Crippen molar-refractivity contribution in [3.8, 4) is 0 Å². The van der Waals surface area contributed by atoms with Crippen LogP contribution >= 0.6 is 0 Å². The van der Waals surface area contributed by atoms with Crippen molar-refractivity contribution < 1.29 is 9.59 Å². The van der Waals surface area contributed by atoms with Crippen LogP contribution in [0.3, 0.4) is 0 Å². The van der Waals surface area contributed by atoms with E-state index in [0.29, 0.717) is 25.3 Å². The summed E-state index contributed by atoms with van der Waals surface area (Å²) in [6.07, 6.45) is 0. The van der Waals surface area contributed by atoms with Crippen molar-refractivity contribution >= 4 is 11.8 Å². The van der Waals surface area contributed by atoms with Gasteiger partial charge in [-0.3, -0.25) is 9.59 Å². The molecule has 1 N–H and O–H groups in total. The van der Waals surface area contributed by atoms with E-state index < -0.39 is 0 Å². The van der Waals surface area contributed by atoms with Crippen LogP contribution in [0.5, 0.6) is 0 Å². The molecule has 0 saturated carbocycles. The van der Waals surface area contributed by atoms with Crippen LogP contribution in [0.25, 0.3) is 0 Å². The molecule has 6 heteroatoms. The highest BCUT2D eigenvalue weighted by atomic mass is 16.2. The number of nitrogens with one attached hydrogen (secondary N) is 1. The summed E-state index contributed by atoms with van der Waals surface area (Å²) in [4.78, 5) is 33.5. The Morgan fingerprint density at radius 3 is 2.33 bits per heavy atom. The molecule has 142 valence electrons. The van der Waals surface area contributed by atoms with Crippen LogP contribution in [0.15, 0.2) is 42.5 Å². The summed E-state index contributed by atoms with van der Waals surface area (Å²) in [5.74, 6) is -0.389. The number of benzene rings is 1. The van der Waals surface area contributed by atoms with Gasteiger partial charge in [-0.25, -0.2) is 4.98 Å². The van der Waals surface area contributed by atoms with Crippen molar-refractivity contribution in [2.24, 2.45) is 0 Å². The number of amides is 2. The van der Waals surface area contributed by atoms with Crippen molar-refractivity contribution in [3.05, 3.63) is 65.0 Å². The smallest absolute Gasteiger partial charge is 0.272 e. The molecule has 3 rings (SSSR count). The molecule has 0 unspecified atom stereocenters. The first kappa shape index (κ1) is 19.0. The van der Waals surface area contributed by atoms with Crippen LogP contribution in [0, 0.1) is 6.92 Å². The van der Waals surface area contributed by atoms with E-state index in [4.69, 9.17) is 0 Å². The normalized spacial score (nSPS) is 14.8. The Morgan fingerprint density at radius 2 is 1.67 bits per heavy atom. The third-order valence-corrected chi connectivity index (χ3v) is 4.88. The topological polar surface area (TPSA) is 65.5 Å². The van der Waals surface area contributed by atoms with Crippen LogP contribution in [-0.4, -0.2) is 59.3 Å². The largest absolute Gasteiger partial charge is 0.347 e. The molecular weight excluding hydrogens is 340 g/mol. The number of likely N-dealkylation sites (N-methyl/N-ethyl adjacent to an activating group) is 1. The van der Waals surface area contributed by atoms with Crippen LogP contribution < -0.4 is 5.32 Å². The molecule has 2 heterocycles. The Hall–Kier alpha value is -2.73. The SMILES string of the molecule is CCN1CCN(C(=O)c2cccc(C(=O)NCc3ccc(C)cc3)n2)CC1. The van der Waals surface area contributed by atoms with Gasteiger partial charge in [-0.15, -0.1) is 0 Å². The number of hydrogen-bond donors (Lipinski definition) is 1. The van der Waals surface area contributed by atoms with Crippen LogP contribution in [0.1, 0.15) is 39.0 Å². The molecule has 1 aromatic carbocycles. The number of rotatable bonds is 5. The molecule has 0 radical (unpaired) electrons. The van der Waals surface area contributed by atoms with Gasteiger partial charge in [0, 0.05) is 32.7 Å². The van der Waals surface area contributed by atoms with Gasteiger partial charge in [-0.05, 0) is 31.2 Å². The number of pyridine rings is 1. The average Bonchev–Trinajstić information content (AvgIpc) is 2.72. The highest BCUT2D eigenvalue weighted by Gasteiger charge is 2.22. The van der Waals surface area contributed by atoms with Gasteiger partial charge in [0.05, 0.1) is 0 Å². The van der Waals surface area contributed by atoms with Crippen molar-refractivity contribution in [1.82, 2.24) is 20.1 Å². The van der Waals surface area contributed by atoms with E-state index in [1.807, 2.05) is 36.1 Å². The maximum Gasteiger partial charge on any atom is 0.272 e. The fraction of sp³-hybridized carbons (Fsp3) is 0.381. The minimum Gasteiger partial charge on any atom is -0.347 e. The Kier molecular flexibility index (Phi) is 6.19. The number of carbonyl (C=O) groups is 2. The standard InChI is InChI=1S/C21H26N4O2/c1-3-24-11-13-25(14-12-24)21(27)19-6-4-5-18(23-19)20(26)22-15-17-9-7-16(2)8-10-17/h4-10H,3,11-15H2,1-2H3,(H,22,26). The van der Waals surface area contributed by atoms with Crippen molar-refractivity contribution in [3.63, 3.8) is 0 Å². The van der Waals surface area contributed by atoms with E-state index >= 15 is 0 Å². The zero-order valence-electron chi connectivity index (χ0n) is 15.9. The third-order valence-electron chi connectivity index (χ3n) is 4.88. The minimum absolute atomic E-state index is 0.112. The summed E-state index contributed by atoms with van der Waals surface area (Å²) in [5.41, 5.74) is 2.79. The first-order valence-electron chi connectivity index (χ1n) is 9.39. The second-order valence-electron chi connectivity index (χ2n) is 6.80. The number of aromatic nitrogens is 1. The number of nitrogens with zero attached hydrogens (tertiary/aromatic N) is 3. The zero-order chi connectivity index (χ0) is 19.2. The maximum absolute atomic E-state index is 12.7. The number of aryl methyl sites for hydroxylation is 1. The predicted octanol–water partition coefficient (Wildman–Crippen LogP) is 2.10. The molecule has 1 aliphatic heterocycles. The van der Waals surface area contributed by atoms with Crippen molar-refractivity contribution in [2.75, 3.05) is 32.7 Å². The summed E-state index contributed by atoms with van der Waals surface area (Å²) in [6.45, 7) is 8.71. The van der Waals surface area contributed by atoms with E-state index in [1.165, 1.54) is 5.56 Å². The zero-order valence-corrected chi connectivity index (χ0v) is 15.9. The number of piperazine rings is 1. The second-order valence-corrected chi connectivity index (χ2v) is 6.80. The molecule has 0 atom stereocenters. The molecule has 2 aromatic rings. The minimum atomic E-state index is -0.277. The molecule has 6 nitrogen and oxygen atoms in total. The van der Waals surface area contributed by atoms with Gasteiger partial charge in [0.15, 0.2) is 0 Å². The fourth-order valence-corrected chi connectivity index (χ4v) is 3.09. The predicted molar refractivity (Wildman–Crippen MR) is 105 cm³/mol. The first-order chi connectivity index (χ1) is 13.1. The van der Waals surface area contributed by atoms with Gasteiger partial charge >= 0.3 is 0 Å². The summed E-state index contributed by atoms with van der Waals surface area (Å²) < 4.78 is 0. The van der Waals surface area contributed by atoms with Crippen LogP contribution in [0.4, 0.5) is 0 Å². The highest BCUT2D eigenvalue weighted by Crippen LogP contribution is 2.09. The molecule has 1 saturated heterocycles. The highest BCUT2D eigenvalue weighted by molar-refractivity contribution is 5.96. The Bertz CT molecular complexity index is 796. The van der Waals surface area contributed by atoms with Gasteiger partial charge in [0.1, 0.15) is 11.4 Å². The third kappa shape index (κ3) is 4.92. The molecular formula is C21H26N4O2. The lowest BCUT2D eigenvalue weighted by Crippen LogP contribution is -2.48. The van der Waals surface area contributed by atoms with E-state index in [9.17, 15) is 9.59 Å². The maximum atomic E-state index is 12.7. The monoisotopic (exact) mass is 366 g/mol. The summed E-state index contributed by atoms with van der Waals surface area (Å²) in [6, 6.07) is 13.0. The first-order valence-corrected chi connectivity index (χ1v) is 9.39. The molecule has 1 aromatic heterocycles. The molecule has 2 amide bonds. The van der Waals surface area contributed by atoms with Gasteiger partial charge in [-0.2, -0.15) is 0 Å². The van der Waals surface area contributed by atoms with Gasteiger partial charge in [-0.1, -0.05) is 42.8 Å². The van der Waals surface area contributed by atoms with E-state index in [1.54, 1.807) is 18.2 Å². The number of carbonyl (C=O) groups excluding carboxylic acids is 2. The van der Waals surface area contributed by atoms with E-state index in [0.717, 1.165) is 25.2 Å². The Labute approximate surface area is 160 Å². The average molecular weight is 366 g/mol. The Balaban J connectivity index is 1.61. The molecule has 0 aliphatic carbocycles. The summed E-state index contributed by atoms with van der Waals surface area (Å²) >= 11 is 0. The van der Waals surface area contributed by atoms with Crippen LogP contribution in [-0.2, 0) is 6.54 Å². The molecule has 27 heavy (non-hydrogen) atoms. The molecule has 1 aliphatic rings. The molecule has 0 spiro atoms. The number of hydrogen-bond acceptors (Lipinski definition) is 4. The quantitative estimate of drug-likeness (QED) is 0.880. The van der Waals surface area contributed by atoms with Crippen molar-refractivity contribution in [2.45, 2.75) is 20.4 Å². The fourth-order valence-electron chi connectivity index (χ4n) is 3.09. The van der Waals surface area contributed by atoms with E-state index in [-0.39, 0.29) is 17.5 Å². The molecule has 0 bridgehead atoms. The van der Waals surface area contributed by atoms with Gasteiger partial charge in [0.2, 0.25) is 0 Å².